The van der Waals surface area contributed by atoms with Crippen molar-refractivity contribution in [2.24, 2.45) is 0 Å². The molecule has 1 aromatic rings. The van der Waals surface area contributed by atoms with E-state index in [9.17, 15) is 9.00 Å². The summed E-state index contributed by atoms with van der Waals surface area (Å²) in [6, 6.07) is 8.84. The highest BCUT2D eigenvalue weighted by Crippen LogP contribution is 1.98. The SMILES string of the molecule is CS(C)(=O)=C[14C](=O)c1ccccc1. The van der Waals surface area contributed by atoms with Gasteiger partial charge in [-0.05, 0) is 9.52 Å². The Bertz CT molecular complexity index is 404. The Kier molecular flexibility index (Phi) is 2.88. The fourth-order valence-corrected chi connectivity index (χ4v) is 1.58. The van der Waals surface area contributed by atoms with Gasteiger partial charge in [0.15, 0.2) is 5.78 Å². The molecule has 0 aliphatic rings. The highest BCUT2D eigenvalue weighted by atomic mass is 32.2. The third-order valence-corrected chi connectivity index (χ3v) is 2.23. The van der Waals surface area contributed by atoms with E-state index < -0.39 is 9.52 Å². The Hall–Kier alpha value is -1.09. The van der Waals surface area contributed by atoms with Crippen LogP contribution in [0, 0.1) is 0 Å². The van der Waals surface area contributed by atoms with E-state index in [0.717, 1.165) is 0 Å². The van der Waals surface area contributed by atoms with Crippen molar-refractivity contribution >= 4 is 20.7 Å². The Morgan fingerprint density at radius 1 is 1.23 bits per heavy atom. The summed E-state index contributed by atoms with van der Waals surface area (Å²) >= 11 is 0. The molecule has 0 radical (unpaired) electrons. The normalized spacial score (nSPS) is 10.9. The van der Waals surface area contributed by atoms with Gasteiger partial charge in [0.05, 0.1) is 0 Å². The number of benzene rings is 1. The standard InChI is InChI=1S/C10H12O2S/c1-13(2,12)8-10(11)9-6-4-3-5-7-9/h3-8H,1-2H3/i10+2. The molecule has 1 aromatic carbocycles. The molecule has 3 heteroatoms. The molecule has 0 aliphatic heterocycles. The first-order valence-corrected chi connectivity index (χ1v) is 6.31. The molecule has 13 heavy (non-hydrogen) atoms. The van der Waals surface area contributed by atoms with Gasteiger partial charge in [0.25, 0.3) is 0 Å². The molecular weight excluding hydrogens is 186 g/mol. The molecule has 0 aromatic heterocycles. The van der Waals surface area contributed by atoms with Crippen LogP contribution in [0.2, 0.25) is 0 Å². The maximum absolute atomic E-state index is 11.4. The molecule has 0 bridgehead atoms. The van der Waals surface area contributed by atoms with Gasteiger partial charge in [-0.3, -0.25) is 9.00 Å². The van der Waals surface area contributed by atoms with Crippen molar-refractivity contribution in [3.63, 3.8) is 0 Å². The van der Waals surface area contributed by atoms with E-state index in [4.69, 9.17) is 0 Å². The first kappa shape index (κ1) is 9.99. The molecule has 0 saturated heterocycles. The monoisotopic (exact) mass is 198 g/mol. The van der Waals surface area contributed by atoms with E-state index in [1.807, 2.05) is 6.07 Å². The molecule has 2 nitrogen and oxygen atoms in total. The Labute approximate surface area is 78.6 Å². The van der Waals surface area contributed by atoms with Crippen LogP contribution < -0.4 is 0 Å². The van der Waals surface area contributed by atoms with Gasteiger partial charge < -0.3 is 0 Å². The summed E-state index contributed by atoms with van der Waals surface area (Å²) in [7, 11) is -2.10. The van der Waals surface area contributed by atoms with Crippen LogP contribution in [0.1, 0.15) is 10.4 Å². The number of carbonyl (C=O) groups is 1. The van der Waals surface area contributed by atoms with Crippen molar-refractivity contribution in [2.45, 2.75) is 0 Å². The average Bonchev–Trinajstić information content (AvgIpc) is 2.03. The van der Waals surface area contributed by atoms with Gasteiger partial charge >= 0.3 is 0 Å². The van der Waals surface area contributed by atoms with Crippen molar-refractivity contribution in [2.75, 3.05) is 12.5 Å². The number of ketones is 1. The molecule has 0 heterocycles. The molecule has 0 aliphatic carbocycles. The van der Waals surface area contributed by atoms with Crippen LogP contribution in [0.25, 0.3) is 0 Å². The molecular formula is C10H12O2S. The van der Waals surface area contributed by atoms with E-state index >= 15 is 0 Å². The first-order valence-electron chi connectivity index (χ1n) is 3.87. The summed E-state index contributed by atoms with van der Waals surface area (Å²) in [4.78, 5) is 11.4. The topological polar surface area (TPSA) is 34.1 Å². The summed E-state index contributed by atoms with van der Waals surface area (Å²) in [5.74, 6) is -0.171. The van der Waals surface area contributed by atoms with Crippen LogP contribution in [0.15, 0.2) is 30.3 Å². The van der Waals surface area contributed by atoms with Crippen molar-refractivity contribution in [1.29, 1.82) is 0 Å². The lowest BCUT2D eigenvalue weighted by atomic mass is 10.3. The second kappa shape index (κ2) is 3.75. The van der Waals surface area contributed by atoms with Crippen LogP contribution in [0.3, 0.4) is 0 Å². The molecule has 1 rings (SSSR count). The molecule has 0 amide bonds. The maximum Gasteiger partial charge on any atom is 0.193 e. The highest BCUT2D eigenvalue weighted by molar-refractivity contribution is 8.01. The molecule has 0 saturated carbocycles. The first-order chi connectivity index (χ1) is 5.99. The third-order valence-electron chi connectivity index (χ3n) is 1.45. The smallest absolute Gasteiger partial charge is 0.193 e. The van der Waals surface area contributed by atoms with Gasteiger partial charge in [-0.1, -0.05) is 30.3 Å². The van der Waals surface area contributed by atoms with Crippen molar-refractivity contribution < 1.29 is 9.00 Å². The van der Waals surface area contributed by atoms with Gasteiger partial charge in [0, 0.05) is 23.4 Å². The van der Waals surface area contributed by atoms with E-state index in [1.165, 1.54) is 5.37 Å². The van der Waals surface area contributed by atoms with Crippen LogP contribution in [-0.2, 0) is 9.52 Å². The van der Waals surface area contributed by atoms with Crippen molar-refractivity contribution in [1.82, 2.24) is 0 Å². The minimum atomic E-state index is -2.10. The fourth-order valence-electron chi connectivity index (χ4n) is 0.928. The predicted octanol–water partition coefficient (Wildman–Crippen LogP) is 1.22. The fraction of sp³-hybridized carbons (Fsp3) is 0.200. The zero-order valence-corrected chi connectivity index (χ0v) is 8.51. The molecule has 70 valence electrons. The van der Waals surface area contributed by atoms with Crippen LogP contribution in [0.5, 0.6) is 0 Å². The quantitative estimate of drug-likeness (QED) is 0.529. The largest absolute Gasteiger partial charge is 0.289 e. The van der Waals surface area contributed by atoms with Gasteiger partial charge in [0.1, 0.15) is 0 Å². The summed E-state index contributed by atoms with van der Waals surface area (Å²) in [5, 5.41) is 1.28. The van der Waals surface area contributed by atoms with E-state index in [1.54, 1.807) is 36.8 Å². The van der Waals surface area contributed by atoms with E-state index in [0.29, 0.717) is 5.56 Å². The summed E-state index contributed by atoms with van der Waals surface area (Å²) in [6.07, 6.45) is 3.10. The Morgan fingerprint density at radius 3 is 2.23 bits per heavy atom. The summed E-state index contributed by atoms with van der Waals surface area (Å²) in [6.45, 7) is 0. The van der Waals surface area contributed by atoms with Crippen molar-refractivity contribution in [3.8, 4) is 0 Å². The lowest BCUT2D eigenvalue weighted by Gasteiger charge is -1.96. The number of hydrogen-bond donors (Lipinski definition) is 0. The maximum atomic E-state index is 11.4. The van der Waals surface area contributed by atoms with Crippen molar-refractivity contribution in [3.05, 3.63) is 35.9 Å². The lowest BCUT2D eigenvalue weighted by molar-refractivity contribution is 0.107. The second-order valence-corrected chi connectivity index (χ2v) is 6.01. The third kappa shape index (κ3) is 3.42. The molecule has 0 N–H and O–H groups in total. The van der Waals surface area contributed by atoms with Gasteiger partial charge in [-0.15, -0.1) is 0 Å². The van der Waals surface area contributed by atoms with Crippen LogP contribution >= 0.6 is 0 Å². The second-order valence-electron chi connectivity index (χ2n) is 3.16. The van der Waals surface area contributed by atoms with Crippen LogP contribution in [0.4, 0.5) is 0 Å². The Balaban J connectivity index is 3.02. The van der Waals surface area contributed by atoms with E-state index in [-0.39, 0.29) is 5.78 Å². The molecule has 0 unspecified atom stereocenters. The number of rotatable bonds is 2. The average molecular weight is 198 g/mol. The number of carbonyl (C=O) groups excluding carboxylic acids is 1. The van der Waals surface area contributed by atoms with Crippen LogP contribution in [-0.4, -0.2) is 27.9 Å². The summed E-state index contributed by atoms with van der Waals surface area (Å²) < 4.78 is 11.3. The number of hydrogen-bond acceptors (Lipinski definition) is 2. The van der Waals surface area contributed by atoms with Gasteiger partial charge in [-0.25, -0.2) is 0 Å². The zero-order valence-electron chi connectivity index (χ0n) is 7.69. The molecule has 0 fully saturated rings. The minimum absolute atomic E-state index is 0.171. The molecule has 0 atom stereocenters. The number of Topliss-reactive ketones (excluding diaryl/α,β-unsaturated/α-hetero) is 1. The van der Waals surface area contributed by atoms with E-state index in [2.05, 4.69) is 0 Å². The molecule has 0 spiro atoms. The zero-order chi connectivity index (χ0) is 9.90. The Morgan fingerprint density at radius 2 is 1.77 bits per heavy atom. The van der Waals surface area contributed by atoms with Gasteiger partial charge in [0.2, 0.25) is 0 Å². The minimum Gasteiger partial charge on any atom is -0.289 e. The van der Waals surface area contributed by atoms with Gasteiger partial charge in [-0.2, -0.15) is 0 Å². The highest BCUT2D eigenvalue weighted by Gasteiger charge is 2.02. The lowest BCUT2D eigenvalue weighted by Crippen LogP contribution is -2.08. The summed E-state index contributed by atoms with van der Waals surface area (Å²) in [5.41, 5.74) is 0.582. The predicted molar refractivity (Wildman–Crippen MR) is 56.8 cm³/mol.